The fourth-order valence-corrected chi connectivity index (χ4v) is 5.50. The van der Waals surface area contributed by atoms with Gasteiger partial charge in [0.05, 0.1) is 0 Å². The van der Waals surface area contributed by atoms with Crippen LogP contribution in [0.15, 0.2) is 16.3 Å². The summed E-state index contributed by atoms with van der Waals surface area (Å²) in [4.78, 5) is 12.5. The molecule has 1 aliphatic carbocycles. The highest BCUT2D eigenvalue weighted by atomic mass is 32.2. The lowest BCUT2D eigenvalue weighted by atomic mass is 9.76. The van der Waals surface area contributed by atoms with Crippen LogP contribution in [-0.4, -0.2) is 25.0 Å². The van der Waals surface area contributed by atoms with Crippen molar-refractivity contribution >= 4 is 27.3 Å². The predicted octanol–water partition coefficient (Wildman–Crippen LogP) is 2.76. The van der Waals surface area contributed by atoms with Gasteiger partial charge in [-0.05, 0) is 50.7 Å². The van der Waals surface area contributed by atoms with E-state index in [0.717, 1.165) is 35.5 Å². The van der Waals surface area contributed by atoms with Gasteiger partial charge in [-0.2, -0.15) is 4.72 Å². The highest BCUT2D eigenvalue weighted by Crippen LogP contribution is 2.35. The highest BCUT2D eigenvalue weighted by Gasteiger charge is 2.45. The summed E-state index contributed by atoms with van der Waals surface area (Å²) >= 11 is 1.16. The van der Waals surface area contributed by atoms with Gasteiger partial charge < -0.3 is 5.11 Å². The van der Waals surface area contributed by atoms with Gasteiger partial charge in [0, 0.05) is 4.88 Å². The second-order valence-electron chi connectivity index (χ2n) is 5.71. The van der Waals surface area contributed by atoms with Gasteiger partial charge in [0.15, 0.2) is 0 Å². The van der Waals surface area contributed by atoms with Gasteiger partial charge in [0.25, 0.3) is 10.0 Å². The monoisotopic (exact) mass is 331 g/mol. The van der Waals surface area contributed by atoms with Crippen molar-refractivity contribution in [3.63, 3.8) is 0 Å². The minimum Gasteiger partial charge on any atom is -0.480 e. The van der Waals surface area contributed by atoms with Crippen molar-refractivity contribution in [1.82, 2.24) is 4.72 Å². The molecular weight excluding hydrogens is 310 g/mol. The molecule has 1 aromatic rings. The molecule has 0 atom stereocenters. The molecule has 21 heavy (non-hydrogen) atoms. The van der Waals surface area contributed by atoms with E-state index in [0.29, 0.717) is 18.8 Å². The molecule has 2 N–H and O–H groups in total. The van der Waals surface area contributed by atoms with Crippen LogP contribution in [0.5, 0.6) is 0 Å². The molecule has 2 rings (SSSR count). The molecular formula is C14H21NO4S2. The smallest absolute Gasteiger partial charge is 0.324 e. The normalized spacial score (nSPS) is 26.7. The molecule has 1 fully saturated rings. The number of carboxylic acid groups (broad SMARTS) is 1. The summed E-state index contributed by atoms with van der Waals surface area (Å²) in [6.45, 7) is 3.90. The van der Waals surface area contributed by atoms with Gasteiger partial charge in [-0.3, -0.25) is 4.79 Å². The molecule has 0 radical (unpaired) electrons. The van der Waals surface area contributed by atoms with Crippen LogP contribution in [0.25, 0.3) is 0 Å². The minimum absolute atomic E-state index is 0.179. The Kier molecular flexibility index (Phi) is 4.75. The van der Waals surface area contributed by atoms with E-state index in [1.807, 2.05) is 6.92 Å². The summed E-state index contributed by atoms with van der Waals surface area (Å²) in [6.07, 6.45) is 3.20. The number of rotatable bonds is 5. The third-order valence-electron chi connectivity index (χ3n) is 4.26. The quantitative estimate of drug-likeness (QED) is 0.869. The number of carboxylic acids is 1. The number of thiophene rings is 1. The molecule has 1 heterocycles. The van der Waals surface area contributed by atoms with Crippen LogP contribution in [0.1, 0.15) is 43.9 Å². The van der Waals surface area contributed by atoms with Crippen LogP contribution in [0, 0.1) is 12.8 Å². The lowest BCUT2D eigenvalue weighted by molar-refractivity contribution is -0.145. The number of aliphatic carboxylic acids is 1. The van der Waals surface area contributed by atoms with E-state index in [9.17, 15) is 18.3 Å². The molecule has 1 saturated carbocycles. The first kappa shape index (κ1) is 16.5. The van der Waals surface area contributed by atoms with Gasteiger partial charge in [0.2, 0.25) is 0 Å². The Labute approximate surface area is 129 Å². The van der Waals surface area contributed by atoms with Crippen LogP contribution in [0.4, 0.5) is 0 Å². The van der Waals surface area contributed by atoms with Crippen molar-refractivity contribution in [3.05, 3.63) is 17.0 Å². The second-order valence-corrected chi connectivity index (χ2v) is 8.91. The van der Waals surface area contributed by atoms with E-state index in [4.69, 9.17) is 0 Å². The number of carbonyl (C=O) groups is 1. The Morgan fingerprint density at radius 1 is 1.43 bits per heavy atom. The highest BCUT2D eigenvalue weighted by molar-refractivity contribution is 7.91. The zero-order chi connectivity index (χ0) is 15.7. The first-order valence-electron chi connectivity index (χ1n) is 7.13. The van der Waals surface area contributed by atoms with Crippen LogP contribution in [0.2, 0.25) is 0 Å². The molecule has 0 aromatic carbocycles. The summed E-state index contributed by atoms with van der Waals surface area (Å²) in [5.74, 6) is -0.583. The van der Waals surface area contributed by atoms with Gasteiger partial charge in [-0.1, -0.05) is 13.3 Å². The van der Waals surface area contributed by atoms with Gasteiger partial charge in [-0.15, -0.1) is 11.3 Å². The average Bonchev–Trinajstić information content (AvgIpc) is 2.86. The number of nitrogens with one attached hydrogen (secondary N) is 1. The van der Waals surface area contributed by atoms with E-state index in [2.05, 4.69) is 11.6 Å². The maximum atomic E-state index is 12.4. The average molecular weight is 331 g/mol. The lowest BCUT2D eigenvalue weighted by Gasteiger charge is -2.36. The van der Waals surface area contributed by atoms with Crippen LogP contribution in [0.3, 0.4) is 0 Å². The van der Waals surface area contributed by atoms with Gasteiger partial charge >= 0.3 is 5.97 Å². The maximum Gasteiger partial charge on any atom is 0.324 e. The first-order valence-corrected chi connectivity index (χ1v) is 9.43. The fourth-order valence-electron chi connectivity index (χ4n) is 2.80. The van der Waals surface area contributed by atoms with E-state index < -0.39 is 21.5 Å². The Morgan fingerprint density at radius 2 is 2.05 bits per heavy atom. The summed E-state index contributed by atoms with van der Waals surface area (Å²) in [6, 6.07) is 3.25. The molecule has 5 nitrogen and oxygen atoms in total. The zero-order valence-electron chi connectivity index (χ0n) is 12.3. The molecule has 0 saturated heterocycles. The van der Waals surface area contributed by atoms with Crippen molar-refractivity contribution in [2.24, 2.45) is 5.92 Å². The lowest BCUT2D eigenvalue weighted by Crippen LogP contribution is -2.56. The Hall–Kier alpha value is -0.920. The third-order valence-corrected chi connectivity index (χ3v) is 7.28. The summed E-state index contributed by atoms with van der Waals surface area (Å²) < 4.78 is 27.5. The third kappa shape index (κ3) is 3.46. The van der Waals surface area contributed by atoms with Crippen molar-refractivity contribution in [2.75, 3.05) is 0 Å². The zero-order valence-corrected chi connectivity index (χ0v) is 13.9. The number of hydrogen-bond donors (Lipinski definition) is 2. The Balaban J connectivity index is 2.23. The van der Waals surface area contributed by atoms with Gasteiger partial charge in [-0.25, -0.2) is 8.42 Å². The molecule has 0 amide bonds. The number of hydrogen-bond acceptors (Lipinski definition) is 4. The van der Waals surface area contributed by atoms with E-state index >= 15 is 0 Å². The Morgan fingerprint density at radius 3 is 2.48 bits per heavy atom. The largest absolute Gasteiger partial charge is 0.480 e. The summed E-state index contributed by atoms with van der Waals surface area (Å²) in [7, 11) is -3.78. The van der Waals surface area contributed by atoms with E-state index in [-0.39, 0.29) is 4.21 Å². The molecule has 1 aliphatic rings. The van der Waals surface area contributed by atoms with Crippen molar-refractivity contribution in [1.29, 1.82) is 0 Å². The SMILES string of the molecule is CCC1CCC(NS(=O)(=O)c2ccc(C)s2)(C(=O)O)CC1. The fraction of sp³-hybridized carbons (Fsp3) is 0.643. The molecule has 118 valence electrons. The molecule has 7 heteroatoms. The molecule has 0 spiro atoms. The standard InChI is InChI=1S/C14H21NO4S2/c1-3-11-6-8-14(9-7-11,13(16)17)15-21(18,19)12-5-4-10(2)20-12/h4-5,11,15H,3,6-9H2,1-2H3,(H,16,17). The number of aryl methyl sites for hydroxylation is 1. The van der Waals surface area contributed by atoms with Crippen molar-refractivity contribution in [2.45, 2.75) is 55.7 Å². The molecule has 0 aliphatic heterocycles. The van der Waals surface area contributed by atoms with Crippen molar-refractivity contribution in [3.8, 4) is 0 Å². The van der Waals surface area contributed by atoms with Crippen LogP contribution < -0.4 is 4.72 Å². The van der Waals surface area contributed by atoms with Crippen LogP contribution >= 0.6 is 11.3 Å². The topological polar surface area (TPSA) is 83.5 Å². The number of sulfonamides is 1. The predicted molar refractivity (Wildman–Crippen MR) is 82.0 cm³/mol. The van der Waals surface area contributed by atoms with E-state index in [1.165, 1.54) is 6.07 Å². The first-order chi connectivity index (χ1) is 9.79. The van der Waals surface area contributed by atoms with Crippen molar-refractivity contribution < 1.29 is 18.3 Å². The summed E-state index contributed by atoms with van der Waals surface area (Å²) in [5.41, 5.74) is -1.36. The van der Waals surface area contributed by atoms with E-state index in [1.54, 1.807) is 6.07 Å². The Bertz CT molecular complexity index is 613. The minimum atomic E-state index is -3.78. The molecule has 0 bridgehead atoms. The molecule has 0 unspecified atom stereocenters. The molecule has 1 aromatic heterocycles. The second kappa shape index (κ2) is 6.06. The maximum absolute atomic E-state index is 12.4. The van der Waals surface area contributed by atoms with Gasteiger partial charge in [0.1, 0.15) is 9.75 Å². The summed E-state index contributed by atoms with van der Waals surface area (Å²) in [5, 5.41) is 9.54. The van der Waals surface area contributed by atoms with Crippen LogP contribution in [-0.2, 0) is 14.8 Å².